The summed E-state index contributed by atoms with van der Waals surface area (Å²) in [5.74, 6) is -2.22. The molecular weight excluding hydrogens is 508 g/mol. The fraction of sp³-hybridized carbons (Fsp3) is 0.645. The second-order valence-corrected chi connectivity index (χ2v) is 11.2. The summed E-state index contributed by atoms with van der Waals surface area (Å²) in [4.78, 5) is 46.0. The maximum Gasteiger partial charge on any atom is 0.257 e. The number of ether oxygens (including phenoxy) is 1. The first-order chi connectivity index (χ1) is 19.2. The van der Waals surface area contributed by atoms with Crippen LogP contribution in [0, 0.1) is 23.7 Å². The molecule has 3 amide bonds. The lowest BCUT2D eigenvalue weighted by molar-refractivity contribution is -0.203. The van der Waals surface area contributed by atoms with Crippen molar-refractivity contribution in [1.29, 1.82) is 0 Å². The zero-order valence-corrected chi connectivity index (χ0v) is 24.9. The van der Waals surface area contributed by atoms with Crippen molar-refractivity contribution < 1.29 is 24.0 Å². The molecule has 1 unspecified atom stereocenters. The summed E-state index contributed by atoms with van der Waals surface area (Å²) in [7, 11) is 0. The van der Waals surface area contributed by atoms with Gasteiger partial charge in [-0.3, -0.25) is 24.8 Å². The first-order valence-electron chi connectivity index (χ1n) is 14.8. The molecule has 0 radical (unpaired) electrons. The average Bonchev–Trinajstić information content (AvgIpc) is 2.95. The molecule has 1 saturated heterocycles. The molecular formula is C31H50N4O5. The van der Waals surface area contributed by atoms with Gasteiger partial charge in [-0.15, -0.1) is 0 Å². The summed E-state index contributed by atoms with van der Waals surface area (Å²) in [6, 6.07) is 9.01. The molecule has 4 N–H and O–H groups in total. The van der Waals surface area contributed by atoms with E-state index in [9.17, 15) is 14.4 Å². The van der Waals surface area contributed by atoms with E-state index in [0.29, 0.717) is 32.4 Å². The zero-order valence-electron chi connectivity index (χ0n) is 24.9. The van der Waals surface area contributed by atoms with E-state index < -0.39 is 30.1 Å². The highest BCUT2D eigenvalue weighted by atomic mass is 16.8. The molecule has 1 fully saturated rings. The minimum Gasteiger partial charge on any atom is -0.350 e. The molecule has 0 aliphatic carbocycles. The molecule has 1 aliphatic rings. The lowest BCUT2D eigenvalue weighted by Crippen LogP contribution is -2.56. The smallest absolute Gasteiger partial charge is 0.257 e. The van der Waals surface area contributed by atoms with Gasteiger partial charge < -0.3 is 10.5 Å². The molecule has 0 spiro atoms. The minimum absolute atomic E-state index is 0.128. The van der Waals surface area contributed by atoms with Crippen LogP contribution in [0.25, 0.3) is 6.08 Å². The largest absolute Gasteiger partial charge is 0.350 e. The SMILES string of the molecule is CCC(CC)CN(NC(=O)[C@H](CC(C)C)[C@H](CC=Cc1ccccc1)C(=O)NOC1CCCCO1)C(=O)[C@@H](C)N. The number of carbonyl (C=O) groups is 3. The van der Waals surface area contributed by atoms with Crippen LogP contribution in [0.3, 0.4) is 0 Å². The summed E-state index contributed by atoms with van der Waals surface area (Å²) in [6.07, 6.45) is 8.45. The summed E-state index contributed by atoms with van der Waals surface area (Å²) in [5, 5.41) is 1.35. The number of hydrogen-bond donors (Lipinski definition) is 3. The molecule has 0 bridgehead atoms. The first kappa shape index (κ1) is 33.5. The van der Waals surface area contributed by atoms with Gasteiger partial charge in [0.15, 0.2) is 6.29 Å². The normalized spacial score (nSPS) is 17.9. The maximum absolute atomic E-state index is 13.8. The van der Waals surface area contributed by atoms with Gasteiger partial charge in [0.05, 0.1) is 17.9 Å². The van der Waals surface area contributed by atoms with Gasteiger partial charge in [0.1, 0.15) is 0 Å². The van der Waals surface area contributed by atoms with E-state index in [1.165, 1.54) is 5.01 Å². The van der Waals surface area contributed by atoms with Crippen LogP contribution in [0.4, 0.5) is 0 Å². The zero-order chi connectivity index (χ0) is 29.5. The van der Waals surface area contributed by atoms with Crippen molar-refractivity contribution in [2.45, 2.75) is 91.9 Å². The van der Waals surface area contributed by atoms with Crippen molar-refractivity contribution in [3.8, 4) is 0 Å². The first-order valence-corrected chi connectivity index (χ1v) is 14.8. The molecule has 224 valence electrons. The number of hydrogen-bond acceptors (Lipinski definition) is 6. The molecule has 40 heavy (non-hydrogen) atoms. The number of nitrogens with two attached hydrogens (primary N) is 1. The molecule has 4 atom stereocenters. The van der Waals surface area contributed by atoms with Gasteiger partial charge in [-0.05, 0) is 50.0 Å². The number of allylic oxidation sites excluding steroid dienone is 1. The Labute approximate surface area is 240 Å². The third-order valence-electron chi connectivity index (χ3n) is 7.31. The van der Waals surface area contributed by atoms with Gasteiger partial charge in [0, 0.05) is 19.6 Å². The summed E-state index contributed by atoms with van der Waals surface area (Å²) in [5.41, 5.74) is 12.3. The Morgan fingerprint density at radius 1 is 1.07 bits per heavy atom. The van der Waals surface area contributed by atoms with Crippen LogP contribution in [0.15, 0.2) is 36.4 Å². The van der Waals surface area contributed by atoms with E-state index in [4.69, 9.17) is 15.3 Å². The molecule has 1 aromatic carbocycles. The molecule has 2 rings (SSSR count). The molecule has 0 saturated carbocycles. The van der Waals surface area contributed by atoms with Crippen molar-refractivity contribution in [2.24, 2.45) is 29.4 Å². The van der Waals surface area contributed by atoms with Crippen LogP contribution in [-0.2, 0) is 24.0 Å². The molecule has 1 aliphatic heterocycles. The lowest BCUT2D eigenvalue weighted by Gasteiger charge is -2.32. The standard InChI is InChI=1S/C31H50N4O5/c1-6-24(7-2)21-35(31(38)23(5)32)33-29(36)27(20-22(3)4)26(17-13-16-25-14-9-8-10-15-25)30(37)34-40-28-18-11-12-19-39-28/h8-10,13-16,22-24,26-28H,6-7,11-12,17-21,32H2,1-5H3,(H,33,36)(H,34,37)/t23-,26+,27-,28?/m1/s1. The molecule has 9 heteroatoms. The highest BCUT2D eigenvalue weighted by molar-refractivity contribution is 5.89. The lowest BCUT2D eigenvalue weighted by atomic mass is 9.82. The molecule has 1 heterocycles. The van der Waals surface area contributed by atoms with Crippen molar-refractivity contribution in [3.63, 3.8) is 0 Å². The number of rotatable bonds is 15. The van der Waals surface area contributed by atoms with Crippen LogP contribution in [0.2, 0.25) is 0 Å². The summed E-state index contributed by atoms with van der Waals surface area (Å²) in [6.45, 7) is 10.7. The van der Waals surface area contributed by atoms with Crippen LogP contribution in [0.5, 0.6) is 0 Å². The third kappa shape index (κ3) is 11.4. The van der Waals surface area contributed by atoms with Gasteiger partial charge in [-0.25, -0.2) is 10.3 Å². The van der Waals surface area contributed by atoms with Crippen molar-refractivity contribution in [3.05, 3.63) is 42.0 Å². The number of carbonyl (C=O) groups excluding carboxylic acids is 3. The van der Waals surface area contributed by atoms with Gasteiger partial charge >= 0.3 is 0 Å². The fourth-order valence-corrected chi connectivity index (χ4v) is 4.79. The predicted octanol–water partition coefficient (Wildman–Crippen LogP) is 4.59. The van der Waals surface area contributed by atoms with Gasteiger partial charge in [0.25, 0.3) is 5.91 Å². The molecule has 1 aromatic rings. The molecule has 9 nitrogen and oxygen atoms in total. The van der Waals surface area contributed by atoms with E-state index in [-0.39, 0.29) is 23.7 Å². The minimum atomic E-state index is -0.769. The van der Waals surface area contributed by atoms with E-state index in [2.05, 4.69) is 24.8 Å². The number of hydrazine groups is 1. The summed E-state index contributed by atoms with van der Waals surface area (Å²) >= 11 is 0. The number of hydroxylamine groups is 1. The highest BCUT2D eigenvalue weighted by Gasteiger charge is 2.36. The Kier molecular flexibility index (Phi) is 14.9. The van der Waals surface area contributed by atoms with E-state index >= 15 is 0 Å². The van der Waals surface area contributed by atoms with Gasteiger partial charge in [0.2, 0.25) is 11.8 Å². The monoisotopic (exact) mass is 558 g/mol. The Morgan fingerprint density at radius 2 is 1.77 bits per heavy atom. The Hall–Kier alpha value is -2.75. The van der Waals surface area contributed by atoms with Gasteiger partial charge in [-0.1, -0.05) is 83.0 Å². The van der Waals surface area contributed by atoms with Crippen molar-refractivity contribution in [1.82, 2.24) is 15.9 Å². The maximum atomic E-state index is 13.8. The number of nitrogens with zero attached hydrogens (tertiary/aromatic N) is 1. The highest BCUT2D eigenvalue weighted by Crippen LogP contribution is 2.26. The topological polar surface area (TPSA) is 123 Å². The Morgan fingerprint density at radius 3 is 2.35 bits per heavy atom. The fourth-order valence-electron chi connectivity index (χ4n) is 4.79. The van der Waals surface area contributed by atoms with Crippen molar-refractivity contribution in [2.75, 3.05) is 13.2 Å². The van der Waals surface area contributed by atoms with Crippen LogP contribution in [0.1, 0.15) is 85.1 Å². The van der Waals surface area contributed by atoms with Crippen molar-refractivity contribution >= 4 is 23.8 Å². The second kappa shape index (κ2) is 17.8. The third-order valence-corrected chi connectivity index (χ3v) is 7.31. The summed E-state index contributed by atoms with van der Waals surface area (Å²) < 4.78 is 5.59. The molecule has 0 aromatic heterocycles. The van der Waals surface area contributed by atoms with Crippen LogP contribution < -0.4 is 16.6 Å². The van der Waals surface area contributed by atoms with Crippen LogP contribution in [-0.4, -0.2) is 48.2 Å². The average molecular weight is 559 g/mol. The van der Waals surface area contributed by atoms with Gasteiger partial charge in [-0.2, -0.15) is 0 Å². The number of benzene rings is 1. The van der Waals surface area contributed by atoms with Crippen LogP contribution >= 0.6 is 0 Å². The quantitative estimate of drug-likeness (QED) is 0.271. The predicted molar refractivity (Wildman–Crippen MR) is 157 cm³/mol. The Bertz CT molecular complexity index is 927. The Balaban J connectivity index is 2.30. The van der Waals surface area contributed by atoms with E-state index in [1.54, 1.807) is 6.92 Å². The number of nitrogens with one attached hydrogen (secondary N) is 2. The number of amides is 3. The van der Waals surface area contributed by atoms with E-state index in [1.807, 2.05) is 56.3 Å². The van der Waals surface area contributed by atoms with E-state index in [0.717, 1.165) is 31.2 Å². The second-order valence-electron chi connectivity index (χ2n) is 11.2.